The van der Waals surface area contributed by atoms with E-state index in [4.69, 9.17) is 20.4 Å². The molecule has 11 nitrogen and oxygen atoms in total. The fourth-order valence-corrected chi connectivity index (χ4v) is 2.75. The molecule has 0 aliphatic heterocycles. The van der Waals surface area contributed by atoms with Gasteiger partial charge in [0, 0.05) is 11.4 Å². The van der Waals surface area contributed by atoms with Gasteiger partial charge in [0.2, 0.25) is 0 Å². The summed E-state index contributed by atoms with van der Waals surface area (Å²) in [5.41, 5.74) is -6.02. The van der Waals surface area contributed by atoms with Gasteiger partial charge in [-0.25, -0.2) is 19.2 Å². The maximum atomic E-state index is 15.4. The first kappa shape index (κ1) is 29.5. The average molecular weight is 528 g/mol. The number of rotatable bonds is 9. The average Bonchev–Trinajstić information content (AvgIpc) is 2.72. The van der Waals surface area contributed by atoms with Crippen molar-refractivity contribution in [1.29, 1.82) is 0 Å². The molecule has 0 bridgehead atoms. The molecule has 0 atom stereocenters. The summed E-state index contributed by atoms with van der Waals surface area (Å²) < 4.78 is 83.1. The van der Waals surface area contributed by atoms with E-state index in [0.29, 0.717) is 24.3 Å². The van der Waals surface area contributed by atoms with E-state index in [1.165, 1.54) is 0 Å². The molecule has 0 aromatic heterocycles. The van der Waals surface area contributed by atoms with E-state index in [1.54, 1.807) is 0 Å². The van der Waals surface area contributed by atoms with Gasteiger partial charge in [0.25, 0.3) is 0 Å². The first-order chi connectivity index (χ1) is 15.9. The fraction of sp³-hybridized carbons (Fsp3) is 0.158. The number of benzene rings is 2. The molecule has 0 saturated heterocycles. The van der Waals surface area contributed by atoms with Gasteiger partial charge in [0.05, 0.1) is 22.3 Å². The molecule has 0 aliphatic carbocycles. The van der Waals surface area contributed by atoms with Crippen molar-refractivity contribution in [2.75, 3.05) is 10.6 Å². The van der Waals surface area contributed by atoms with Crippen molar-refractivity contribution in [2.24, 2.45) is 0 Å². The maximum Gasteiger partial charge on any atom is 0.461 e. The first-order valence-electron chi connectivity index (χ1n) is 8.82. The van der Waals surface area contributed by atoms with Crippen LogP contribution < -0.4 is 10.6 Å². The van der Waals surface area contributed by atoms with Crippen molar-refractivity contribution in [3.8, 4) is 0 Å². The minimum absolute atomic E-state index is 0. The van der Waals surface area contributed by atoms with Gasteiger partial charge in [-0.3, -0.25) is 0 Å². The molecule has 17 heteroatoms. The summed E-state index contributed by atoms with van der Waals surface area (Å²) in [6.07, 6.45) is -6.56. The fourth-order valence-electron chi connectivity index (χ4n) is 2.75. The molecule has 196 valence electrons. The van der Waals surface area contributed by atoms with E-state index in [9.17, 15) is 41.1 Å². The van der Waals surface area contributed by atoms with Gasteiger partial charge in [-0.15, -0.1) is 0 Å². The summed E-state index contributed by atoms with van der Waals surface area (Å²) in [7, 11) is 0. The molecule has 0 saturated carbocycles. The Morgan fingerprint density at radius 3 is 1.14 bits per heavy atom. The van der Waals surface area contributed by atoms with Gasteiger partial charge in [0.15, 0.2) is 0 Å². The molecule has 0 fully saturated rings. The Labute approximate surface area is 194 Å². The van der Waals surface area contributed by atoms with E-state index in [-0.39, 0.29) is 17.6 Å². The zero-order valence-corrected chi connectivity index (χ0v) is 17.2. The molecule has 0 heterocycles. The Balaban J connectivity index is 0.00000648. The standard InChI is InChI=1S/C19H12F6N2O8.H2O/c20-17(21,18(22,23)24)19(25,26-7-1-3-9(13(28)29)11(5-7)15(32)33)27-8-2-4-10(14(30)31)12(6-8)16(34)35;/h1-6,26-27H,(H,28,29)(H,30,31)(H,32,33)(H,34,35);1H2. The van der Waals surface area contributed by atoms with Gasteiger partial charge in [0.1, 0.15) is 0 Å². The lowest BCUT2D eigenvalue weighted by molar-refractivity contribution is -0.317. The van der Waals surface area contributed by atoms with Crippen LogP contribution in [0.5, 0.6) is 0 Å². The number of nitrogens with one attached hydrogen (secondary N) is 2. The summed E-state index contributed by atoms with van der Waals surface area (Å²) in [5.74, 6) is -18.7. The molecule has 2 rings (SSSR count). The highest BCUT2D eigenvalue weighted by atomic mass is 19.4. The molecule has 0 aliphatic rings. The van der Waals surface area contributed by atoms with Gasteiger partial charge in [-0.2, -0.15) is 26.3 Å². The zero-order valence-electron chi connectivity index (χ0n) is 17.2. The lowest BCUT2D eigenvalue weighted by Crippen LogP contribution is -2.63. The summed E-state index contributed by atoms with van der Waals surface area (Å²) in [6.45, 7) is 0. The maximum absolute atomic E-state index is 15.4. The second kappa shape index (κ2) is 9.98. The Morgan fingerprint density at radius 2 is 0.889 bits per heavy atom. The highest BCUT2D eigenvalue weighted by Gasteiger charge is 2.72. The molecule has 8 N–H and O–H groups in total. The van der Waals surface area contributed by atoms with E-state index in [1.807, 2.05) is 0 Å². The number of hydrogen-bond acceptors (Lipinski definition) is 6. The molecule has 0 radical (unpaired) electrons. The van der Waals surface area contributed by atoms with Crippen LogP contribution in [-0.2, 0) is 0 Å². The SMILES string of the molecule is O.O=C(O)c1ccc(NC(F)(Nc2ccc(C(=O)O)c(C(=O)O)c2)C(F)(F)C(F)(F)F)cc1C(=O)O. The second-order valence-corrected chi connectivity index (χ2v) is 6.72. The Kier molecular flexibility index (Phi) is 8.18. The lowest BCUT2D eigenvalue weighted by atomic mass is 10.0. The van der Waals surface area contributed by atoms with Crippen molar-refractivity contribution in [3.05, 3.63) is 58.7 Å². The molecule has 36 heavy (non-hydrogen) atoms. The minimum atomic E-state index is -6.56. The van der Waals surface area contributed by atoms with Crippen LogP contribution >= 0.6 is 0 Å². The number of alkyl halides is 6. The van der Waals surface area contributed by atoms with Crippen molar-refractivity contribution in [1.82, 2.24) is 0 Å². The van der Waals surface area contributed by atoms with Crippen molar-refractivity contribution in [3.63, 3.8) is 0 Å². The van der Waals surface area contributed by atoms with Crippen molar-refractivity contribution < 1.29 is 71.4 Å². The molecule has 0 spiro atoms. The topological polar surface area (TPSA) is 205 Å². The molecule has 2 aromatic carbocycles. The Morgan fingerprint density at radius 1 is 0.583 bits per heavy atom. The third-order valence-corrected chi connectivity index (χ3v) is 4.38. The summed E-state index contributed by atoms with van der Waals surface area (Å²) in [4.78, 5) is 44.7. The van der Waals surface area contributed by atoms with E-state index >= 15 is 4.39 Å². The quantitative estimate of drug-likeness (QED) is 0.159. The van der Waals surface area contributed by atoms with Gasteiger partial charge >= 0.3 is 41.9 Å². The number of aromatic carboxylic acids is 4. The zero-order chi connectivity index (χ0) is 26.9. The summed E-state index contributed by atoms with van der Waals surface area (Å²) in [5, 5.41) is 38.4. The van der Waals surface area contributed by atoms with Crippen LogP contribution in [0.25, 0.3) is 0 Å². The monoisotopic (exact) mass is 528 g/mol. The normalized spacial score (nSPS) is 11.7. The smallest absolute Gasteiger partial charge is 0.461 e. The number of carbonyl (C=O) groups is 4. The van der Waals surface area contributed by atoms with Crippen LogP contribution in [0.15, 0.2) is 36.4 Å². The molecule has 0 unspecified atom stereocenters. The summed E-state index contributed by atoms with van der Waals surface area (Å²) in [6, 6.07) is 2.59. The Bertz CT molecular complexity index is 1140. The summed E-state index contributed by atoms with van der Waals surface area (Å²) >= 11 is 0. The molecule has 0 amide bonds. The lowest BCUT2D eigenvalue weighted by Gasteiger charge is -2.36. The van der Waals surface area contributed by atoms with E-state index < -0.39 is 75.5 Å². The predicted octanol–water partition coefficient (Wildman–Crippen LogP) is 3.00. The highest BCUT2D eigenvalue weighted by Crippen LogP contribution is 2.46. The van der Waals surface area contributed by atoms with Crippen LogP contribution in [0.1, 0.15) is 41.4 Å². The van der Waals surface area contributed by atoms with Crippen molar-refractivity contribution >= 4 is 35.3 Å². The van der Waals surface area contributed by atoms with Gasteiger partial charge in [-0.1, -0.05) is 0 Å². The van der Waals surface area contributed by atoms with E-state index in [2.05, 4.69) is 0 Å². The molecular weight excluding hydrogens is 514 g/mol. The van der Waals surface area contributed by atoms with Gasteiger partial charge in [-0.05, 0) is 36.4 Å². The van der Waals surface area contributed by atoms with Crippen LogP contribution in [0.4, 0.5) is 37.7 Å². The second-order valence-electron chi connectivity index (χ2n) is 6.72. The van der Waals surface area contributed by atoms with E-state index in [0.717, 1.165) is 10.6 Å². The van der Waals surface area contributed by atoms with Crippen LogP contribution in [-0.4, -0.2) is 67.8 Å². The van der Waals surface area contributed by atoms with Crippen LogP contribution in [0, 0.1) is 0 Å². The number of carboxylic acids is 4. The Hall–Kier alpha value is -4.54. The third kappa shape index (κ3) is 5.57. The number of anilines is 2. The third-order valence-electron chi connectivity index (χ3n) is 4.38. The first-order valence-corrected chi connectivity index (χ1v) is 8.82. The number of halogens is 6. The van der Waals surface area contributed by atoms with Crippen LogP contribution in [0.2, 0.25) is 0 Å². The predicted molar refractivity (Wildman–Crippen MR) is 106 cm³/mol. The number of carboxylic acid groups (broad SMARTS) is 4. The molecule has 2 aromatic rings. The minimum Gasteiger partial charge on any atom is -0.478 e. The molecular formula is C19H14F6N2O9. The largest absolute Gasteiger partial charge is 0.478 e. The van der Waals surface area contributed by atoms with Crippen LogP contribution in [0.3, 0.4) is 0 Å². The van der Waals surface area contributed by atoms with Gasteiger partial charge < -0.3 is 36.5 Å². The highest BCUT2D eigenvalue weighted by molar-refractivity contribution is 6.03. The number of hydrogen-bond donors (Lipinski definition) is 6. The van der Waals surface area contributed by atoms with Crippen molar-refractivity contribution in [2.45, 2.75) is 18.0 Å².